The smallest absolute Gasteiger partial charge is 0.133 e. The first kappa shape index (κ1) is 14.9. The third-order valence-electron chi connectivity index (χ3n) is 3.06. The van der Waals surface area contributed by atoms with Gasteiger partial charge in [0.1, 0.15) is 17.2 Å². The van der Waals surface area contributed by atoms with E-state index in [-0.39, 0.29) is 0 Å². The number of methoxy groups -OCH3 is 1. The Bertz CT molecular complexity index is 570. The van der Waals surface area contributed by atoms with Crippen molar-refractivity contribution >= 4 is 15.9 Å². The van der Waals surface area contributed by atoms with Crippen molar-refractivity contribution in [1.29, 1.82) is 0 Å². The molecule has 2 aromatic carbocycles. The van der Waals surface area contributed by atoms with Crippen LogP contribution in [0.2, 0.25) is 0 Å². The van der Waals surface area contributed by atoms with Crippen molar-refractivity contribution in [2.24, 2.45) is 0 Å². The zero-order valence-electron chi connectivity index (χ0n) is 11.9. The van der Waals surface area contributed by atoms with Crippen LogP contribution in [-0.4, -0.2) is 12.4 Å². The van der Waals surface area contributed by atoms with Gasteiger partial charge in [-0.1, -0.05) is 34.1 Å². The summed E-state index contributed by atoms with van der Waals surface area (Å²) in [6.45, 7) is 4.13. The highest BCUT2D eigenvalue weighted by molar-refractivity contribution is 9.09. The maximum Gasteiger partial charge on any atom is 0.133 e. The van der Waals surface area contributed by atoms with Crippen LogP contribution >= 0.6 is 15.9 Å². The van der Waals surface area contributed by atoms with Gasteiger partial charge in [0.25, 0.3) is 0 Å². The molecule has 0 aliphatic carbocycles. The molecule has 3 heteroatoms. The summed E-state index contributed by atoms with van der Waals surface area (Å²) in [5.41, 5.74) is 3.45. The second kappa shape index (κ2) is 6.80. The monoisotopic (exact) mass is 333 g/mol. The Morgan fingerprint density at radius 2 is 1.70 bits per heavy atom. The first-order valence-corrected chi connectivity index (χ1v) is 7.58. The van der Waals surface area contributed by atoms with Crippen LogP contribution < -0.4 is 9.47 Å². The van der Waals surface area contributed by atoms with E-state index in [1.54, 1.807) is 7.11 Å². The van der Waals surface area contributed by atoms with Gasteiger partial charge in [-0.3, -0.25) is 0 Å². The normalized spacial score (nSPS) is 10.4. The molecule has 0 saturated carbocycles. The fourth-order valence-corrected chi connectivity index (χ4v) is 2.51. The molecule has 0 unspecified atom stereocenters. The predicted molar refractivity (Wildman–Crippen MR) is 86.2 cm³/mol. The summed E-state index contributed by atoms with van der Waals surface area (Å²) >= 11 is 3.42. The lowest BCUT2D eigenvalue weighted by molar-refractivity contribution is 0.408. The van der Waals surface area contributed by atoms with Gasteiger partial charge in [0.15, 0.2) is 0 Å². The summed E-state index contributed by atoms with van der Waals surface area (Å²) < 4.78 is 11.2. The molecule has 20 heavy (non-hydrogen) atoms. The summed E-state index contributed by atoms with van der Waals surface area (Å²) in [7, 11) is 1.65. The van der Waals surface area contributed by atoms with Gasteiger partial charge in [-0.05, 0) is 42.7 Å². The molecule has 0 spiro atoms. The quantitative estimate of drug-likeness (QED) is 0.712. The van der Waals surface area contributed by atoms with Gasteiger partial charge < -0.3 is 9.47 Å². The van der Waals surface area contributed by atoms with Crippen molar-refractivity contribution in [2.45, 2.75) is 13.8 Å². The minimum absolute atomic E-state index is 0.785. The molecule has 0 heterocycles. The topological polar surface area (TPSA) is 18.5 Å². The molecule has 0 aliphatic heterocycles. The molecule has 0 saturated heterocycles. The Balaban J connectivity index is 2.28. The first-order valence-electron chi connectivity index (χ1n) is 6.46. The Morgan fingerprint density at radius 1 is 1.05 bits per heavy atom. The highest BCUT2D eigenvalue weighted by Crippen LogP contribution is 2.31. The highest BCUT2D eigenvalue weighted by atomic mass is 79.9. The number of halogens is 1. The summed E-state index contributed by atoms with van der Waals surface area (Å²) in [6.07, 6.45) is 2.13. The van der Waals surface area contributed by atoms with Gasteiger partial charge >= 0.3 is 0 Å². The Kier molecular flexibility index (Phi) is 5.07. The van der Waals surface area contributed by atoms with Crippen LogP contribution in [0, 0.1) is 20.3 Å². The largest absolute Gasteiger partial charge is 0.497 e. The molecule has 0 amide bonds. The number of hydrogen-bond donors (Lipinski definition) is 0. The minimum Gasteiger partial charge on any atom is -0.497 e. The van der Waals surface area contributed by atoms with Crippen molar-refractivity contribution in [3.05, 3.63) is 59.5 Å². The van der Waals surface area contributed by atoms with E-state index in [1.165, 1.54) is 5.56 Å². The van der Waals surface area contributed by atoms with Gasteiger partial charge in [0.2, 0.25) is 0 Å². The molecule has 2 aromatic rings. The molecular formula is C17H18BrO2. The molecule has 0 aromatic heterocycles. The third-order valence-corrected chi connectivity index (χ3v) is 3.38. The van der Waals surface area contributed by atoms with E-state index in [2.05, 4.69) is 48.3 Å². The lowest BCUT2D eigenvalue weighted by Crippen LogP contribution is -1.94. The van der Waals surface area contributed by atoms with E-state index in [0.29, 0.717) is 0 Å². The van der Waals surface area contributed by atoms with E-state index in [4.69, 9.17) is 9.47 Å². The third kappa shape index (κ3) is 3.54. The lowest BCUT2D eigenvalue weighted by Gasteiger charge is -2.14. The predicted octanol–water partition coefficient (Wildman–Crippen LogP) is 5.05. The maximum absolute atomic E-state index is 6.01. The Morgan fingerprint density at radius 3 is 2.30 bits per heavy atom. The average molecular weight is 334 g/mol. The molecule has 105 valence electrons. The van der Waals surface area contributed by atoms with Gasteiger partial charge in [-0.25, -0.2) is 0 Å². The second-order valence-electron chi connectivity index (χ2n) is 4.62. The van der Waals surface area contributed by atoms with Gasteiger partial charge in [0, 0.05) is 17.8 Å². The van der Waals surface area contributed by atoms with E-state index < -0.39 is 0 Å². The molecule has 0 aliphatic rings. The zero-order chi connectivity index (χ0) is 14.5. The Labute approximate surface area is 128 Å². The molecule has 0 N–H and O–H groups in total. The Hall–Kier alpha value is -1.48. The van der Waals surface area contributed by atoms with Crippen LogP contribution in [0.3, 0.4) is 0 Å². The van der Waals surface area contributed by atoms with Gasteiger partial charge in [-0.15, -0.1) is 0 Å². The van der Waals surface area contributed by atoms with Crippen LogP contribution in [-0.2, 0) is 0 Å². The highest BCUT2D eigenvalue weighted by Gasteiger charge is 2.08. The van der Waals surface area contributed by atoms with Crippen LogP contribution in [0.1, 0.15) is 16.7 Å². The van der Waals surface area contributed by atoms with Crippen molar-refractivity contribution in [1.82, 2.24) is 0 Å². The van der Waals surface area contributed by atoms with Crippen LogP contribution in [0.4, 0.5) is 0 Å². The van der Waals surface area contributed by atoms with Crippen molar-refractivity contribution in [2.75, 3.05) is 12.4 Å². The van der Waals surface area contributed by atoms with Gasteiger partial charge in [-0.2, -0.15) is 0 Å². The summed E-state index contributed by atoms with van der Waals surface area (Å²) in [4.78, 5) is 0. The second-order valence-corrected chi connectivity index (χ2v) is 5.27. The van der Waals surface area contributed by atoms with E-state index in [1.807, 2.05) is 24.3 Å². The van der Waals surface area contributed by atoms with Crippen molar-refractivity contribution < 1.29 is 9.47 Å². The molecule has 2 rings (SSSR count). The summed E-state index contributed by atoms with van der Waals surface area (Å²) in [5, 5.41) is 0.849. The molecule has 0 bridgehead atoms. The maximum atomic E-state index is 6.01. The summed E-state index contributed by atoms with van der Waals surface area (Å²) in [6, 6.07) is 11.9. The van der Waals surface area contributed by atoms with Crippen LogP contribution in [0.15, 0.2) is 36.4 Å². The molecule has 1 radical (unpaired) electrons. The number of aryl methyl sites for hydroxylation is 2. The fraction of sp³-hybridized carbons (Fsp3) is 0.235. The van der Waals surface area contributed by atoms with E-state index in [9.17, 15) is 0 Å². The van der Waals surface area contributed by atoms with E-state index in [0.717, 1.165) is 33.7 Å². The fourth-order valence-electron chi connectivity index (χ4n) is 2.13. The van der Waals surface area contributed by atoms with E-state index >= 15 is 0 Å². The van der Waals surface area contributed by atoms with Crippen molar-refractivity contribution in [3.63, 3.8) is 0 Å². The standard InChI is InChI=1S/C17H18BrO2/c1-12-9-14(7-8-18)10-13(2)17(12)20-16-6-4-5-15(11-16)19-3/h4-7,9-11H,8H2,1-3H3. The van der Waals surface area contributed by atoms with Gasteiger partial charge in [0.05, 0.1) is 7.11 Å². The molecule has 0 fully saturated rings. The number of ether oxygens (including phenoxy) is 2. The zero-order valence-corrected chi connectivity index (χ0v) is 13.5. The molecule has 2 nitrogen and oxygen atoms in total. The number of hydrogen-bond acceptors (Lipinski definition) is 2. The minimum atomic E-state index is 0.785. The SMILES string of the molecule is COc1cccc(Oc2c(C)cc([CH]CBr)cc2C)c1. The first-order chi connectivity index (χ1) is 9.63. The van der Waals surface area contributed by atoms with Crippen LogP contribution in [0.5, 0.6) is 17.2 Å². The lowest BCUT2D eigenvalue weighted by atomic mass is 10.0. The molecular weight excluding hydrogens is 316 g/mol. The number of rotatable bonds is 5. The van der Waals surface area contributed by atoms with Crippen molar-refractivity contribution in [3.8, 4) is 17.2 Å². The number of alkyl halides is 1. The van der Waals surface area contributed by atoms with Crippen LogP contribution in [0.25, 0.3) is 0 Å². The summed E-state index contributed by atoms with van der Waals surface area (Å²) in [5.74, 6) is 2.49. The molecule has 0 atom stereocenters. The number of benzene rings is 2. The average Bonchev–Trinajstić information content (AvgIpc) is 2.43.